The number of nitrogens with zero attached hydrogens (tertiary/aromatic N) is 4. The smallest absolute Gasteiger partial charge is 0.349 e. The molecule has 3 amide bonds. The van der Waals surface area contributed by atoms with Crippen molar-refractivity contribution < 1.29 is 23.9 Å². The highest BCUT2D eigenvalue weighted by atomic mass is 35.5. The van der Waals surface area contributed by atoms with Crippen molar-refractivity contribution in [3.05, 3.63) is 92.7 Å². The zero-order chi connectivity index (χ0) is 32.7. The van der Waals surface area contributed by atoms with Crippen LogP contribution in [0.4, 0.5) is 11.4 Å². The average molecular weight is 672 g/mol. The second-order valence-electron chi connectivity index (χ2n) is 10.4. The molecule has 2 aromatic carbocycles. The number of carbonyl (C=O) groups is 4. The first-order valence-corrected chi connectivity index (χ1v) is 15.7. The molecule has 1 aromatic heterocycles. The number of ether oxygens (including phenoxy) is 1. The van der Waals surface area contributed by atoms with Gasteiger partial charge < -0.3 is 4.74 Å². The largest absolute Gasteiger partial charge is 0.462 e. The lowest BCUT2D eigenvalue weighted by Crippen LogP contribution is -2.35. The molecular weight excluding hydrogens is 639 g/mol. The van der Waals surface area contributed by atoms with Crippen LogP contribution in [0, 0.1) is 13.8 Å². The van der Waals surface area contributed by atoms with Gasteiger partial charge in [-0.2, -0.15) is 5.10 Å². The number of hydrogen-bond acceptors (Lipinski definition) is 6. The Labute approximate surface area is 277 Å². The average Bonchev–Trinajstić information content (AvgIpc) is 3.63. The fourth-order valence-corrected chi connectivity index (χ4v) is 5.75. The SMILES string of the molecule is CCOC(=O)/C(Cl)=C/c1cc(N2C(=O)C3=C(CCCC3)C2=O)ccc1Cl.Cc1cccc(C)c1N(Cn1cccn1)C(=O)CCl. The maximum absolute atomic E-state index is 12.7. The molecule has 0 saturated heterocycles. The van der Waals surface area contributed by atoms with Crippen molar-refractivity contribution in [2.45, 2.75) is 53.1 Å². The van der Waals surface area contributed by atoms with Gasteiger partial charge in [0.1, 0.15) is 17.6 Å². The van der Waals surface area contributed by atoms with E-state index in [1.165, 1.54) is 11.0 Å². The Balaban J connectivity index is 0.000000215. The molecule has 0 fully saturated rings. The van der Waals surface area contributed by atoms with Crippen molar-refractivity contribution in [1.82, 2.24) is 9.78 Å². The van der Waals surface area contributed by atoms with E-state index < -0.39 is 5.97 Å². The molecule has 9 nitrogen and oxygen atoms in total. The van der Waals surface area contributed by atoms with Crippen LogP contribution in [-0.4, -0.2) is 46.0 Å². The summed E-state index contributed by atoms with van der Waals surface area (Å²) in [5.74, 6) is -1.40. The summed E-state index contributed by atoms with van der Waals surface area (Å²) < 4.78 is 6.54. The van der Waals surface area contributed by atoms with Crippen LogP contribution in [0.25, 0.3) is 6.08 Å². The predicted octanol–water partition coefficient (Wildman–Crippen LogP) is 6.96. The first-order chi connectivity index (χ1) is 21.6. The minimum Gasteiger partial charge on any atom is -0.462 e. The Bertz CT molecular complexity index is 1620. The molecular formula is C33H33Cl3N4O5. The number of esters is 1. The quantitative estimate of drug-likeness (QED) is 0.111. The van der Waals surface area contributed by atoms with Gasteiger partial charge in [0.15, 0.2) is 0 Å². The summed E-state index contributed by atoms with van der Waals surface area (Å²) in [6.45, 7) is 6.21. The Kier molecular flexibility index (Phi) is 11.6. The molecule has 3 aromatic rings. The zero-order valence-electron chi connectivity index (χ0n) is 25.2. The fourth-order valence-electron chi connectivity index (χ4n) is 5.26. The lowest BCUT2D eigenvalue weighted by molar-refractivity contribution is -0.137. The summed E-state index contributed by atoms with van der Waals surface area (Å²) in [5, 5.41) is 4.34. The molecule has 0 bridgehead atoms. The molecule has 0 atom stereocenters. The standard InChI is InChI=1S/C19H17Cl2NO4.C14H16ClN3O/c1-2-26-19(25)16(21)10-11-9-12(7-8-15(11)20)22-17(23)13-5-3-4-6-14(13)18(22)24;1-11-5-3-6-12(2)14(11)18(13(19)9-15)10-17-8-4-7-16-17/h7-10H,2-6H2,1H3;3-8H,9-10H2,1-2H3/b16-10-;. The summed E-state index contributed by atoms with van der Waals surface area (Å²) in [4.78, 5) is 51.9. The van der Waals surface area contributed by atoms with E-state index in [4.69, 9.17) is 39.5 Å². The van der Waals surface area contributed by atoms with E-state index in [1.54, 1.807) is 40.9 Å². The molecule has 1 aliphatic heterocycles. The van der Waals surface area contributed by atoms with Gasteiger partial charge in [-0.1, -0.05) is 41.4 Å². The monoisotopic (exact) mass is 670 g/mol. The number of imide groups is 1. The zero-order valence-corrected chi connectivity index (χ0v) is 27.5. The van der Waals surface area contributed by atoms with Crippen LogP contribution < -0.4 is 9.80 Å². The molecule has 0 saturated carbocycles. The number of alkyl halides is 1. The Morgan fingerprint density at radius 2 is 1.67 bits per heavy atom. The number of para-hydroxylation sites is 1. The van der Waals surface area contributed by atoms with Gasteiger partial charge in [0.05, 0.1) is 18.0 Å². The highest BCUT2D eigenvalue weighted by molar-refractivity contribution is 6.43. The molecule has 1 aliphatic carbocycles. The fraction of sp³-hybridized carbons (Fsp3) is 0.303. The van der Waals surface area contributed by atoms with Crippen molar-refractivity contribution in [2.24, 2.45) is 0 Å². The first kappa shape index (κ1) is 34.0. The number of halogens is 3. The second-order valence-corrected chi connectivity index (χ2v) is 11.5. The van der Waals surface area contributed by atoms with Crippen LogP contribution in [0.15, 0.2) is 71.0 Å². The van der Waals surface area contributed by atoms with Crippen LogP contribution in [0.2, 0.25) is 5.02 Å². The molecule has 236 valence electrons. The number of aryl methyl sites for hydroxylation is 2. The summed E-state index contributed by atoms with van der Waals surface area (Å²) in [7, 11) is 0. The molecule has 45 heavy (non-hydrogen) atoms. The maximum atomic E-state index is 12.7. The molecule has 0 spiro atoms. The maximum Gasteiger partial charge on any atom is 0.349 e. The lowest BCUT2D eigenvalue weighted by atomic mass is 9.93. The van der Waals surface area contributed by atoms with Crippen LogP contribution in [0.5, 0.6) is 0 Å². The van der Waals surface area contributed by atoms with Crippen molar-refractivity contribution in [3.63, 3.8) is 0 Å². The van der Waals surface area contributed by atoms with E-state index in [9.17, 15) is 19.2 Å². The highest BCUT2D eigenvalue weighted by Gasteiger charge is 2.39. The third kappa shape index (κ3) is 7.84. The van der Waals surface area contributed by atoms with E-state index in [0.717, 1.165) is 29.7 Å². The second kappa shape index (κ2) is 15.4. The molecule has 0 N–H and O–H groups in total. The van der Waals surface area contributed by atoms with Crippen LogP contribution in [0.3, 0.4) is 0 Å². The normalized spacial score (nSPS) is 14.6. The number of amides is 3. The van der Waals surface area contributed by atoms with Gasteiger partial charge in [-0.25, -0.2) is 9.69 Å². The summed E-state index contributed by atoms with van der Waals surface area (Å²) >= 11 is 17.8. The van der Waals surface area contributed by atoms with Gasteiger partial charge in [-0.3, -0.25) is 24.0 Å². The molecule has 0 unspecified atom stereocenters. The van der Waals surface area contributed by atoms with Crippen molar-refractivity contribution >= 4 is 75.9 Å². The summed E-state index contributed by atoms with van der Waals surface area (Å²) in [5.41, 5.74) is 5.04. The minimum absolute atomic E-state index is 0.0466. The molecule has 2 heterocycles. The van der Waals surface area contributed by atoms with Crippen LogP contribution in [0.1, 0.15) is 49.3 Å². The van der Waals surface area contributed by atoms with Gasteiger partial charge in [-0.15, -0.1) is 11.6 Å². The Morgan fingerprint density at radius 3 is 2.22 bits per heavy atom. The van der Waals surface area contributed by atoms with E-state index in [2.05, 4.69) is 5.10 Å². The minimum atomic E-state index is -0.666. The van der Waals surface area contributed by atoms with Gasteiger partial charge in [-0.05, 0) is 93.5 Å². The number of aromatic nitrogens is 2. The van der Waals surface area contributed by atoms with Crippen LogP contribution >= 0.6 is 34.8 Å². The summed E-state index contributed by atoms with van der Waals surface area (Å²) in [6, 6.07) is 12.5. The molecule has 2 aliphatic rings. The van der Waals surface area contributed by atoms with Crippen molar-refractivity contribution in [1.29, 1.82) is 0 Å². The number of carbonyl (C=O) groups excluding carboxylic acids is 4. The van der Waals surface area contributed by atoms with Gasteiger partial charge in [0.25, 0.3) is 11.8 Å². The van der Waals surface area contributed by atoms with E-state index in [0.29, 0.717) is 46.9 Å². The number of rotatable bonds is 8. The van der Waals surface area contributed by atoms with E-state index >= 15 is 0 Å². The predicted molar refractivity (Wildman–Crippen MR) is 176 cm³/mol. The van der Waals surface area contributed by atoms with Gasteiger partial charge in [0, 0.05) is 28.6 Å². The number of benzene rings is 2. The Morgan fingerprint density at radius 1 is 1.02 bits per heavy atom. The number of hydrogen-bond donors (Lipinski definition) is 0. The third-order valence-corrected chi connectivity index (χ3v) is 8.19. The third-order valence-electron chi connectivity index (χ3n) is 7.35. The molecule has 0 radical (unpaired) electrons. The summed E-state index contributed by atoms with van der Waals surface area (Å²) in [6.07, 6.45) is 7.96. The highest BCUT2D eigenvalue weighted by Crippen LogP contribution is 2.37. The van der Waals surface area contributed by atoms with Crippen molar-refractivity contribution in [3.8, 4) is 0 Å². The number of anilines is 2. The molecule has 12 heteroatoms. The molecule has 5 rings (SSSR count). The van der Waals surface area contributed by atoms with Gasteiger partial charge in [0.2, 0.25) is 5.91 Å². The Hall–Kier alpha value is -3.92. The van der Waals surface area contributed by atoms with Gasteiger partial charge >= 0.3 is 5.97 Å². The van der Waals surface area contributed by atoms with Crippen molar-refractivity contribution in [2.75, 3.05) is 22.3 Å². The van der Waals surface area contributed by atoms with E-state index in [-0.39, 0.29) is 35.2 Å². The van der Waals surface area contributed by atoms with E-state index in [1.807, 2.05) is 44.3 Å². The topological polar surface area (TPSA) is 102 Å². The van der Waals surface area contributed by atoms with Crippen LogP contribution in [-0.2, 0) is 30.6 Å². The first-order valence-electron chi connectivity index (χ1n) is 14.4. The lowest BCUT2D eigenvalue weighted by Gasteiger charge is -2.25.